The maximum absolute atomic E-state index is 13.9. The third-order valence-corrected chi connectivity index (χ3v) is 25.6. The summed E-state index contributed by atoms with van der Waals surface area (Å²) >= 11 is 0. The van der Waals surface area contributed by atoms with Crippen LogP contribution in [0.1, 0.15) is 405 Å². The Morgan fingerprint density at radius 3 is 0.874 bits per heavy atom. The number of carbonyl (C=O) groups excluding carboxylic acids is 2. The zero-order valence-corrected chi connectivity index (χ0v) is 71.7. The van der Waals surface area contributed by atoms with Gasteiger partial charge < -0.3 is 61.3 Å². The van der Waals surface area contributed by atoms with Gasteiger partial charge in [-0.05, 0) is 254 Å². The number of terminal acetylenes is 1. The highest BCUT2D eigenvalue weighted by Crippen LogP contribution is 2.46. The van der Waals surface area contributed by atoms with Crippen molar-refractivity contribution in [3.05, 3.63) is 60.2 Å². The number of alkyl carbamates (subject to hydrolysis) is 1. The summed E-state index contributed by atoms with van der Waals surface area (Å²) < 4.78 is 5.76. The first-order chi connectivity index (χ1) is 54.2. The Morgan fingerprint density at radius 1 is 0.324 bits per heavy atom. The molecule has 0 unspecified atom stereocenters. The molecule has 0 aromatic heterocycles. The van der Waals surface area contributed by atoms with E-state index in [4.69, 9.17) is 11.2 Å². The number of hydrogen-bond acceptors (Lipinski definition) is 12. The van der Waals surface area contributed by atoms with Crippen molar-refractivity contribution in [1.82, 2.24) is 10.6 Å². The Hall–Kier alpha value is -3.88. The second-order valence-electron chi connectivity index (χ2n) is 34.4. The molecule has 0 radical (unpaired) electrons. The van der Waals surface area contributed by atoms with Gasteiger partial charge in [0.2, 0.25) is 5.91 Å². The van der Waals surface area contributed by atoms with Crippen molar-refractivity contribution >= 4 is 33.5 Å². The van der Waals surface area contributed by atoms with E-state index in [0.717, 1.165) is 278 Å². The van der Waals surface area contributed by atoms with Crippen molar-refractivity contribution in [2.75, 3.05) is 72.6 Å². The highest BCUT2D eigenvalue weighted by Gasteiger charge is 2.33. The average molecular weight is 1560 g/mol. The maximum Gasteiger partial charge on any atom is 0.407 e. The fraction of sp³-hybridized carbons (Fsp3) is 0.814. The van der Waals surface area contributed by atoms with E-state index < -0.39 is 6.09 Å². The molecule has 14 heteroatoms. The van der Waals surface area contributed by atoms with Gasteiger partial charge in [0.15, 0.2) is 0 Å². The number of hydrogen-bond donors (Lipinski definition) is 11. The average Bonchev–Trinajstić information content (AvgIpc) is 0.779. The van der Waals surface area contributed by atoms with Gasteiger partial charge in [-0.2, -0.15) is 0 Å². The summed E-state index contributed by atoms with van der Waals surface area (Å²) in [5.74, 6) is 2.99. The van der Waals surface area contributed by atoms with E-state index >= 15 is 0 Å². The number of aliphatic hydroxyl groups excluding tert-OH is 9. The zero-order chi connectivity index (χ0) is 80.9. The second-order valence-corrected chi connectivity index (χ2v) is 34.4. The molecule has 0 aliphatic heterocycles. The lowest BCUT2D eigenvalue weighted by Crippen LogP contribution is -2.28. The molecule has 3 aromatic carbocycles. The molecule has 0 spiro atoms. The smallest absolute Gasteiger partial charge is 0.407 e. The van der Waals surface area contributed by atoms with E-state index in [1.165, 1.54) is 122 Å². The first-order valence-electron chi connectivity index (χ1n) is 46.2. The Bertz CT molecular complexity index is 2440. The normalized spacial score (nSPS) is 12.2. The van der Waals surface area contributed by atoms with Crippen molar-refractivity contribution in [1.29, 1.82) is 0 Å². The van der Waals surface area contributed by atoms with Gasteiger partial charge in [0.05, 0.1) is 0 Å². The minimum Gasteiger partial charge on any atom is -0.445 e. The minimum atomic E-state index is -0.414. The molecule has 11 N–H and O–H groups in total. The van der Waals surface area contributed by atoms with Gasteiger partial charge >= 0.3 is 6.09 Å². The highest BCUT2D eigenvalue weighted by atomic mass is 16.5. The minimum absolute atomic E-state index is 0.0647. The maximum atomic E-state index is 13.9. The Labute approximate surface area is 679 Å². The summed E-state index contributed by atoms with van der Waals surface area (Å²) in [4.78, 5) is 26.8. The van der Waals surface area contributed by atoms with Crippen LogP contribution in [0.5, 0.6) is 0 Å². The molecule has 0 saturated heterocycles. The topological polar surface area (TPSA) is 249 Å². The summed E-state index contributed by atoms with van der Waals surface area (Å²) in [5.41, 5.74) is 1.85. The van der Waals surface area contributed by atoms with Crippen LogP contribution in [-0.2, 0) is 16.1 Å². The molecular weight excluding hydrogens is 1390 g/mol. The van der Waals surface area contributed by atoms with Crippen molar-refractivity contribution in [2.24, 2.45) is 27.1 Å². The van der Waals surface area contributed by atoms with Gasteiger partial charge in [-0.15, -0.1) is 12.3 Å². The van der Waals surface area contributed by atoms with Gasteiger partial charge in [-0.1, -0.05) is 236 Å². The van der Waals surface area contributed by atoms with E-state index in [-0.39, 0.29) is 93.6 Å². The summed E-state index contributed by atoms with van der Waals surface area (Å²) in [6.45, 7) is 9.80. The zero-order valence-electron chi connectivity index (χ0n) is 71.7. The molecule has 2 amide bonds. The summed E-state index contributed by atoms with van der Waals surface area (Å²) in [5, 5.41) is 98.4. The quantitative estimate of drug-likeness (QED) is 0.0143. The fourth-order valence-corrected chi connectivity index (χ4v) is 18.9. The predicted octanol–water partition coefficient (Wildman–Crippen LogP) is 22.9. The monoisotopic (exact) mass is 1560 g/mol. The van der Waals surface area contributed by atoms with Crippen LogP contribution in [0.15, 0.2) is 54.6 Å². The number of ether oxygens (including phenoxy) is 1. The molecule has 0 heterocycles. The van der Waals surface area contributed by atoms with E-state index in [9.17, 15) is 55.5 Å². The van der Waals surface area contributed by atoms with Gasteiger partial charge in [0.1, 0.15) is 6.61 Å². The fourth-order valence-electron chi connectivity index (χ4n) is 18.9. The van der Waals surface area contributed by atoms with Crippen LogP contribution in [-0.4, -0.2) is 131 Å². The highest BCUT2D eigenvalue weighted by molar-refractivity contribution is 6.02. The molecule has 111 heavy (non-hydrogen) atoms. The van der Waals surface area contributed by atoms with Crippen molar-refractivity contribution in [2.45, 2.75) is 406 Å². The summed E-state index contributed by atoms with van der Waals surface area (Å²) in [7, 11) is 0. The van der Waals surface area contributed by atoms with Gasteiger partial charge in [0, 0.05) is 91.0 Å². The Kier molecular flexibility index (Phi) is 63.4. The second kappa shape index (κ2) is 68.2. The molecular formula is C97H172N2O12. The molecule has 0 aliphatic carbocycles. The lowest BCUT2D eigenvalue weighted by atomic mass is 9.70. The van der Waals surface area contributed by atoms with E-state index in [1.807, 2.05) is 24.3 Å². The first kappa shape index (κ1) is 103. The van der Waals surface area contributed by atoms with Gasteiger partial charge in [-0.25, -0.2) is 4.79 Å². The SMILES string of the molecule is C#CCCC(CCCC)(CCCC)CCCC.O=C(CCC(CCCCCCCCC(CCCO)(CCCO)CCCO)(CCCCCCCCC(CCCO)(CCCO)CCCO)CCCCCCCCC(CCCO)(CCCO)CCCO)NCCCCCCNC(=O)OCc1c2ccccc2cc2ccccc12. The van der Waals surface area contributed by atoms with Crippen LogP contribution in [0.25, 0.3) is 21.5 Å². The van der Waals surface area contributed by atoms with Crippen molar-refractivity contribution < 1.29 is 60.3 Å². The number of amides is 2. The van der Waals surface area contributed by atoms with E-state index in [1.54, 1.807) is 0 Å². The molecule has 0 atom stereocenters. The number of unbranched alkanes of at least 4 members (excludes halogenated alkanes) is 21. The lowest BCUT2D eigenvalue weighted by Gasteiger charge is -2.35. The number of carbonyl (C=O) groups is 2. The molecule has 0 bridgehead atoms. The third kappa shape index (κ3) is 47.2. The lowest BCUT2D eigenvalue weighted by molar-refractivity contribution is -0.121. The van der Waals surface area contributed by atoms with Crippen LogP contribution in [0.4, 0.5) is 4.79 Å². The van der Waals surface area contributed by atoms with E-state index in [2.05, 4.69) is 67.7 Å². The summed E-state index contributed by atoms with van der Waals surface area (Å²) in [6, 6.07) is 18.6. The molecule has 0 fully saturated rings. The number of fused-ring (bicyclic) bond motifs is 2. The molecule has 0 aliphatic rings. The molecule has 14 nitrogen and oxygen atoms in total. The van der Waals surface area contributed by atoms with Crippen LogP contribution in [0, 0.1) is 39.4 Å². The van der Waals surface area contributed by atoms with E-state index in [0.29, 0.717) is 24.9 Å². The molecule has 3 aromatic rings. The number of aliphatic hydroxyl groups is 9. The molecule has 642 valence electrons. The Balaban J connectivity index is 0.00000217. The van der Waals surface area contributed by atoms with Crippen LogP contribution < -0.4 is 10.6 Å². The van der Waals surface area contributed by atoms with Gasteiger partial charge in [-0.3, -0.25) is 4.79 Å². The molecule has 3 rings (SSSR count). The predicted molar refractivity (Wildman–Crippen MR) is 467 cm³/mol. The largest absolute Gasteiger partial charge is 0.445 e. The first-order valence-corrected chi connectivity index (χ1v) is 46.2. The third-order valence-electron chi connectivity index (χ3n) is 25.6. The van der Waals surface area contributed by atoms with Crippen LogP contribution in [0.3, 0.4) is 0 Å². The number of nitrogens with one attached hydrogen (secondary N) is 2. The number of rotatable bonds is 77. The van der Waals surface area contributed by atoms with Crippen molar-refractivity contribution in [3.63, 3.8) is 0 Å². The van der Waals surface area contributed by atoms with Crippen molar-refractivity contribution in [3.8, 4) is 12.3 Å². The summed E-state index contributed by atoms with van der Waals surface area (Å²) in [6.07, 6.45) is 67.3. The molecule has 0 saturated carbocycles. The van der Waals surface area contributed by atoms with Gasteiger partial charge in [0.25, 0.3) is 0 Å². The van der Waals surface area contributed by atoms with Crippen LogP contribution >= 0.6 is 0 Å². The Morgan fingerprint density at radius 2 is 0.577 bits per heavy atom. The standard InChI is InChI=1S/C80H140N2O12.C17H32/c83-59-27-47-77(48-28-60-84,49-29-61-85)41-19-7-1-4-10-22-44-80(45-23-11-5-2-8-20-42-78(50-30-62-86,51-31-63-87)52-32-64-88,46-24-12-6-3-9-21-43-79(53-33-65-89,54-34-66-90)55-35-67-91)56-40-75(92)81-57-25-13-14-26-58-82-76(93)94-69-74-72-38-17-15-36-70(72)68-71-37-16-18-39-73(71)74;1-5-9-13-17(14-10-6-2,15-11-7-3)16-12-8-4/h15-18,36-39,68,83-91H,1-14,19-35,40-67,69H2,(H,81,92)(H,82,93);1H,6-16H2,2-4H3. The van der Waals surface area contributed by atoms with Crippen LogP contribution in [0.2, 0.25) is 0 Å². The number of benzene rings is 3.